The lowest BCUT2D eigenvalue weighted by Crippen LogP contribution is -2.31. The summed E-state index contributed by atoms with van der Waals surface area (Å²) < 4.78 is 0. The molecule has 1 saturated heterocycles. The largest absolute Gasteiger partial charge is 0.342 e. The first-order chi connectivity index (χ1) is 14.6. The number of nitrogens with zero attached hydrogens (tertiary/aromatic N) is 4. The van der Waals surface area contributed by atoms with Gasteiger partial charge in [-0.1, -0.05) is 23.7 Å². The number of imidazole rings is 1. The molecule has 150 valence electrons. The van der Waals surface area contributed by atoms with Gasteiger partial charge in [-0.2, -0.15) is 0 Å². The number of fused-ring (bicyclic) bond motifs is 1. The second kappa shape index (κ2) is 7.54. The molecule has 1 atom stereocenters. The number of carbonyl (C=O) groups is 1. The average molecular weight is 418 g/mol. The molecule has 0 aliphatic carbocycles. The number of hydrogen-bond acceptors (Lipinski definition) is 4. The minimum atomic E-state index is -0.0716. The number of rotatable bonds is 3. The van der Waals surface area contributed by atoms with Crippen molar-refractivity contribution in [3.63, 3.8) is 0 Å². The first-order valence-corrected chi connectivity index (χ1v) is 10.3. The molecule has 5 rings (SSSR count). The number of amides is 1. The molecule has 1 aliphatic heterocycles. The van der Waals surface area contributed by atoms with Crippen molar-refractivity contribution in [2.45, 2.75) is 25.8 Å². The van der Waals surface area contributed by atoms with E-state index in [1.165, 1.54) is 0 Å². The Bertz CT molecular complexity index is 1250. The Morgan fingerprint density at radius 1 is 1.17 bits per heavy atom. The van der Waals surface area contributed by atoms with Gasteiger partial charge in [-0.3, -0.25) is 4.79 Å². The Labute approximate surface area is 179 Å². The van der Waals surface area contributed by atoms with Crippen LogP contribution in [0.3, 0.4) is 0 Å². The minimum Gasteiger partial charge on any atom is -0.342 e. The molecule has 1 aliphatic rings. The lowest BCUT2D eigenvalue weighted by Gasteiger charge is -2.24. The molecule has 7 heteroatoms. The van der Waals surface area contributed by atoms with Gasteiger partial charge in [-0.15, -0.1) is 0 Å². The second-order valence-corrected chi connectivity index (χ2v) is 7.96. The zero-order valence-corrected chi connectivity index (χ0v) is 17.2. The maximum atomic E-state index is 13.3. The van der Waals surface area contributed by atoms with E-state index in [9.17, 15) is 4.79 Å². The first kappa shape index (κ1) is 18.8. The van der Waals surface area contributed by atoms with Gasteiger partial charge < -0.3 is 9.88 Å². The van der Waals surface area contributed by atoms with Crippen LogP contribution in [0.2, 0.25) is 5.02 Å². The lowest BCUT2D eigenvalue weighted by atomic mass is 10.1. The highest BCUT2D eigenvalue weighted by molar-refractivity contribution is 6.30. The standard InChI is InChI=1S/C23H20ClN5O/c1-14-26-18-8-7-16(13-20(18)27-14)23(30)29-11-3-6-21(29)19-9-10-25-22(28-19)15-4-2-5-17(24)12-15/h2,4-5,7-10,12-13,21H,3,6,11H2,1H3,(H,26,27)/t21-/m1/s1. The van der Waals surface area contributed by atoms with Crippen LogP contribution in [0.15, 0.2) is 54.7 Å². The van der Waals surface area contributed by atoms with Crippen molar-refractivity contribution in [3.8, 4) is 11.4 Å². The van der Waals surface area contributed by atoms with Crippen LogP contribution in [0.25, 0.3) is 22.4 Å². The molecule has 1 fully saturated rings. The predicted molar refractivity (Wildman–Crippen MR) is 116 cm³/mol. The number of aryl methyl sites for hydroxylation is 1. The minimum absolute atomic E-state index is 0.00886. The number of aromatic nitrogens is 4. The van der Waals surface area contributed by atoms with Gasteiger partial charge in [0.1, 0.15) is 5.82 Å². The van der Waals surface area contributed by atoms with E-state index in [0.29, 0.717) is 23.0 Å². The molecule has 0 radical (unpaired) electrons. The molecule has 0 bridgehead atoms. The van der Waals surface area contributed by atoms with Crippen molar-refractivity contribution in [1.82, 2.24) is 24.8 Å². The maximum Gasteiger partial charge on any atom is 0.254 e. The predicted octanol–water partition coefficient (Wildman–Crippen LogP) is 4.96. The smallest absolute Gasteiger partial charge is 0.254 e. The fourth-order valence-electron chi connectivity index (χ4n) is 4.08. The third-order valence-corrected chi connectivity index (χ3v) is 5.70. The van der Waals surface area contributed by atoms with Crippen LogP contribution in [0.1, 0.15) is 40.8 Å². The monoisotopic (exact) mass is 417 g/mol. The van der Waals surface area contributed by atoms with Crippen molar-refractivity contribution in [1.29, 1.82) is 0 Å². The summed E-state index contributed by atoms with van der Waals surface area (Å²) in [5, 5.41) is 0.642. The molecule has 1 amide bonds. The number of nitrogens with one attached hydrogen (secondary N) is 1. The Hall–Kier alpha value is -3.25. The van der Waals surface area contributed by atoms with Gasteiger partial charge in [0.15, 0.2) is 5.82 Å². The topological polar surface area (TPSA) is 74.8 Å². The Morgan fingerprint density at radius 2 is 2.07 bits per heavy atom. The molecular formula is C23H20ClN5O. The quantitative estimate of drug-likeness (QED) is 0.511. The third-order valence-electron chi connectivity index (χ3n) is 5.46. The molecule has 0 spiro atoms. The lowest BCUT2D eigenvalue weighted by molar-refractivity contribution is 0.0733. The number of hydrogen-bond donors (Lipinski definition) is 1. The number of likely N-dealkylation sites (tertiary alicyclic amines) is 1. The highest BCUT2D eigenvalue weighted by atomic mass is 35.5. The van der Waals surface area contributed by atoms with E-state index in [1.807, 2.05) is 60.4 Å². The molecule has 30 heavy (non-hydrogen) atoms. The van der Waals surface area contributed by atoms with E-state index in [0.717, 1.165) is 41.0 Å². The third kappa shape index (κ3) is 3.44. The normalized spacial score (nSPS) is 16.3. The van der Waals surface area contributed by atoms with Crippen molar-refractivity contribution in [2.24, 2.45) is 0 Å². The summed E-state index contributed by atoms with van der Waals surface area (Å²) in [5.74, 6) is 1.46. The fraction of sp³-hybridized carbons (Fsp3) is 0.217. The first-order valence-electron chi connectivity index (χ1n) is 9.95. The van der Waals surface area contributed by atoms with Crippen LogP contribution in [0.5, 0.6) is 0 Å². The molecule has 1 N–H and O–H groups in total. The maximum absolute atomic E-state index is 13.3. The van der Waals surface area contributed by atoms with Crippen molar-refractivity contribution >= 4 is 28.5 Å². The van der Waals surface area contributed by atoms with Crippen molar-refractivity contribution in [3.05, 3.63) is 76.8 Å². The van der Waals surface area contributed by atoms with Crippen LogP contribution in [0.4, 0.5) is 0 Å². The van der Waals surface area contributed by atoms with E-state index >= 15 is 0 Å². The van der Waals surface area contributed by atoms with Gasteiger partial charge in [0.05, 0.1) is 22.8 Å². The van der Waals surface area contributed by atoms with Gasteiger partial charge in [-0.05, 0) is 56.2 Å². The molecule has 0 unspecified atom stereocenters. The summed E-state index contributed by atoms with van der Waals surface area (Å²) >= 11 is 6.12. The summed E-state index contributed by atoms with van der Waals surface area (Å²) in [6.07, 6.45) is 3.57. The number of benzene rings is 2. The van der Waals surface area contributed by atoms with Crippen LogP contribution in [-0.2, 0) is 0 Å². The summed E-state index contributed by atoms with van der Waals surface area (Å²) in [5.41, 5.74) is 4.11. The highest BCUT2D eigenvalue weighted by Gasteiger charge is 2.32. The van der Waals surface area contributed by atoms with E-state index in [1.54, 1.807) is 6.20 Å². The Kier molecular flexibility index (Phi) is 4.71. The summed E-state index contributed by atoms with van der Waals surface area (Å²) in [7, 11) is 0. The Morgan fingerprint density at radius 3 is 2.93 bits per heavy atom. The number of halogens is 1. The molecule has 0 saturated carbocycles. The van der Waals surface area contributed by atoms with Crippen LogP contribution < -0.4 is 0 Å². The average Bonchev–Trinajstić information content (AvgIpc) is 3.38. The fourth-order valence-corrected chi connectivity index (χ4v) is 4.27. The number of aromatic amines is 1. The van der Waals surface area contributed by atoms with Crippen molar-refractivity contribution in [2.75, 3.05) is 6.54 Å². The van der Waals surface area contributed by atoms with Crippen molar-refractivity contribution < 1.29 is 4.79 Å². The molecule has 6 nitrogen and oxygen atoms in total. The molecule has 4 aromatic rings. The molecule has 2 aromatic heterocycles. The summed E-state index contributed by atoms with van der Waals surface area (Å²) in [6.45, 7) is 2.62. The van der Waals surface area contributed by atoms with Gasteiger partial charge >= 0.3 is 0 Å². The second-order valence-electron chi connectivity index (χ2n) is 7.53. The van der Waals surface area contributed by atoms with Gasteiger partial charge in [0.25, 0.3) is 5.91 Å². The van der Waals surface area contributed by atoms with E-state index < -0.39 is 0 Å². The molecular weight excluding hydrogens is 398 g/mol. The number of carbonyl (C=O) groups excluding carboxylic acids is 1. The Balaban J connectivity index is 1.46. The summed E-state index contributed by atoms with van der Waals surface area (Å²) in [4.78, 5) is 32.0. The van der Waals surface area contributed by atoms with Crippen LogP contribution in [0, 0.1) is 6.92 Å². The number of H-pyrrole nitrogens is 1. The zero-order valence-electron chi connectivity index (χ0n) is 16.5. The van der Waals surface area contributed by atoms with Gasteiger partial charge in [0.2, 0.25) is 0 Å². The van der Waals surface area contributed by atoms with Gasteiger partial charge in [0, 0.05) is 28.9 Å². The molecule has 2 aromatic carbocycles. The van der Waals surface area contributed by atoms with E-state index in [-0.39, 0.29) is 11.9 Å². The SMILES string of the molecule is Cc1nc2ccc(C(=O)N3CCC[C@@H]3c3ccnc(-c4cccc(Cl)c4)n3)cc2[nH]1. The van der Waals surface area contributed by atoms with E-state index in [2.05, 4.69) is 15.0 Å². The van der Waals surface area contributed by atoms with E-state index in [4.69, 9.17) is 16.6 Å². The molecule has 3 heterocycles. The summed E-state index contributed by atoms with van der Waals surface area (Å²) in [6, 6.07) is 14.9. The zero-order chi connectivity index (χ0) is 20.7. The highest BCUT2D eigenvalue weighted by Crippen LogP contribution is 2.33. The van der Waals surface area contributed by atoms with Gasteiger partial charge in [-0.25, -0.2) is 15.0 Å². The van der Waals surface area contributed by atoms with Crippen LogP contribution >= 0.6 is 11.6 Å². The van der Waals surface area contributed by atoms with Crippen LogP contribution in [-0.4, -0.2) is 37.3 Å².